The summed E-state index contributed by atoms with van der Waals surface area (Å²) < 4.78 is 11.1. The van der Waals surface area contributed by atoms with Gasteiger partial charge in [0.15, 0.2) is 0 Å². The number of amides is 2. The second kappa shape index (κ2) is 7.14. The molecule has 6 nitrogen and oxygen atoms in total. The van der Waals surface area contributed by atoms with Gasteiger partial charge in [-0.2, -0.15) is 0 Å². The van der Waals surface area contributed by atoms with Crippen LogP contribution in [0.2, 0.25) is 0 Å². The highest BCUT2D eigenvalue weighted by atomic mass is 16.5. The predicted molar refractivity (Wildman–Crippen MR) is 93.5 cm³/mol. The van der Waals surface area contributed by atoms with Gasteiger partial charge >= 0.3 is 0 Å². The number of benzene rings is 1. The third kappa shape index (κ3) is 4.02. The Bertz CT molecular complexity index is 659. The molecule has 6 heteroatoms. The molecular formula is C19H26N2O4. The quantitative estimate of drug-likeness (QED) is 0.825. The first kappa shape index (κ1) is 17.9. The van der Waals surface area contributed by atoms with Gasteiger partial charge in [-0.1, -0.05) is 18.2 Å². The van der Waals surface area contributed by atoms with Gasteiger partial charge in [-0.3, -0.25) is 9.59 Å². The van der Waals surface area contributed by atoms with Crippen molar-refractivity contribution in [2.24, 2.45) is 0 Å². The zero-order chi connectivity index (χ0) is 18.0. The predicted octanol–water partition coefficient (Wildman–Crippen LogP) is 1.34. The van der Waals surface area contributed by atoms with Crippen LogP contribution < -0.4 is 0 Å². The molecule has 1 atom stereocenters. The van der Waals surface area contributed by atoms with Crippen LogP contribution in [0.1, 0.15) is 29.8 Å². The molecule has 1 aromatic carbocycles. The summed E-state index contributed by atoms with van der Waals surface area (Å²) in [4.78, 5) is 28.9. The van der Waals surface area contributed by atoms with E-state index >= 15 is 0 Å². The van der Waals surface area contributed by atoms with Gasteiger partial charge in [0.1, 0.15) is 6.54 Å². The molecule has 1 aromatic rings. The van der Waals surface area contributed by atoms with E-state index in [0.29, 0.717) is 31.8 Å². The van der Waals surface area contributed by atoms with Crippen LogP contribution >= 0.6 is 0 Å². The zero-order valence-electron chi connectivity index (χ0n) is 15.2. The fourth-order valence-corrected chi connectivity index (χ4v) is 3.65. The second-order valence-corrected chi connectivity index (χ2v) is 7.36. The second-order valence-electron chi connectivity index (χ2n) is 7.36. The standard InChI is InChI=1S/C19H26N2O4/c1-19(2)13-21(10-15(25-19)12-24-3)17(22)11-20-9-8-14-6-4-5-7-16(14)18(20)23/h4-7,15H,8-13H2,1-3H3/t15-/m0/s1. The summed E-state index contributed by atoms with van der Waals surface area (Å²) in [6, 6.07) is 7.62. The van der Waals surface area contributed by atoms with Gasteiger partial charge in [0, 0.05) is 32.3 Å². The van der Waals surface area contributed by atoms with Crippen molar-refractivity contribution in [3.8, 4) is 0 Å². The number of ether oxygens (including phenoxy) is 2. The lowest BCUT2D eigenvalue weighted by molar-refractivity contribution is -0.169. The van der Waals surface area contributed by atoms with E-state index < -0.39 is 5.60 Å². The van der Waals surface area contributed by atoms with Crippen LogP contribution in [0, 0.1) is 0 Å². The van der Waals surface area contributed by atoms with E-state index in [2.05, 4.69) is 0 Å². The lowest BCUT2D eigenvalue weighted by atomic mass is 9.99. The molecule has 2 heterocycles. The van der Waals surface area contributed by atoms with Crippen molar-refractivity contribution in [3.05, 3.63) is 35.4 Å². The maximum absolute atomic E-state index is 12.8. The Morgan fingerprint density at radius 2 is 2.12 bits per heavy atom. The minimum Gasteiger partial charge on any atom is -0.382 e. The Labute approximate surface area is 148 Å². The van der Waals surface area contributed by atoms with Crippen LogP contribution in [-0.2, 0) is 20.7 Å². The van der Waals surface area contributed by atoms with Crippen LogP contribution in [0.25, 0.3) is 0 Å². The Morgan fingerprint density at radius 1 is 1.36 bits per heavy atom. The maximum Gasteiger partial charge on any atom is 0.254 e. The maximum atomic E-state index is 12.8. The van der Waals surface area contributed by atoms with Gasteiger partial charge in [0.25, 0.3) is 5.91 Å². The first-order valence-electron chi connectivity index (χ1n) is 8.71. The molecule has 0 spiro atoms. The molecule has 0 radical (unpaired) electrons. The van der Waals surface area contributed by atoms with Gasteiger partial charge in [-0.25, -0.2) is 0 Å². The van der Waals surface area contributed by atoms with Gasteiger partial charge in [0.05, 0.1) is 18.3 Å². The average Bonchev–Trinajstić information content (AvgIpc) is 2.56. The van der Waals surface area contributed by atoms with Crippen molar-refractivity contribution in [2.45, 2.75) is 32.0 Å². The minimum atomic E-state index is -0.421. The Morgan fingerprint density at radius 3 is 2.88 bits per heavy atom. The molecule has 1 saturated heterocycles. The van der Waals surface area contributed by atoms with E-state index in [1.165, 1.54) is 0 Å². The fourth-order valence-electron chi connectivity index (χ4n) is 3.65. The van der Waals surface area contributed by atoms with Gasteiger partial charge < -0.3 is 19.3 Å². The number of methoxy groups -OCH3 is 1. The summed E-state index contributed by atoms with van der Waals surface area (Å²) in [5, 5.41) is 0. The molecule has 136 valence electrons. The molecule has 0 N–H and O–H groups in total. The highest BCUT2D eigenvalue weighted by Crippen LogP contribution is 2.23. The first-order chi connectivity index (χ1) is 11.9. The SMILES string of the molecule is COC[C@@H]1CN(C(=O)CN2CCc3ccccc3C2=O)CC(C)(C)O1. The molecule has 1 fully saturated rings. The van der Waals surface area contributed by atoms with Crippen LogP contribution in [0.4, 0.5) is 0 Å². The molecule has 0 unspecified atom stereocenters. The number of hydrogen-bond acceptors (Lipinski definition) is 4. The molecule has 2 aliphatic rings. The number of fused-ring (bicyclic) bond motifs is 1. The summed E-state index contributed by atoms with van der Waals surface area (Å²) in [7, 11) is 1.63. The summed E-state index contributed by atoms with van der Waals surface area (Å²) in [6.45, 7) is 6.09. The van der Waals surface area contributed by atoms with E-state index in [4.69, 9.17) is 9.47 Å². The van der Waals surface area contributed by atoms with E-state index in [-0.39, 0.29) is 24.5 Å². The molecule has 0 aromatic heterocycles. The van der Waals surface area contributed by atoms with Crippen LogP contribution in [0.5, 0.6) is 0 Å². The summed E-state index contributed by atoms with van der Waals surface area (Å²) >= 11 is 0. The monoisotopic (exact) mass is 346 g/mol. The van der Waals surface area contributed by atoms with Crippen LogP contribution in [0.3, 0.4) is 0 Å². The summed E-state index contributed by atoms with van der Waals surface area (Å²) in [5.41, 5.74) is 1.35. The molecule has 2 aliphatic heterocycles. The Balaban J connectivity index is 1.67. The number of carbonyl (C=O) groups excluding carboxylic acids is 2. The topological polar surface area (TPSA) is 59.1 Å². The highest BCUT2D eigenvalue weighted by Gasteiger charge is 2.36. The lowest BCUT2D eigenvalue weighted by Crippen LogP contribution is -2.57. The van der Waals surface area contributed by atoms with Crippen LogP contribution in [0.15, 0.2) is 24.3 Å². The number of rotatable bonds is 4. The number of hydrogen-bond donors (Lipinski definition) is 0. The molecule has 25 heavy (non-hydrogen) atoms. The molecular weight excluding hydrogens is 320 g/mol. The normalized spacial score (nSPS) is 22.7. The first-order valence-corrected chi connectivity index (χ1v) is 8.71. The fraction of sp³-hybridized carbons (Fsp3) is 0.579. The third-order valence-corrected chi connectivity index (χ3v) is 4.70. The van der Waals surface area contributed by atoms with Crippen molar-refractivity contribution in [1.29, 1.82) is 0 Å². The Kier molecular flexibility index (Phi) is 5.11. The number of carbonyl (C=O) groups is 2. The van der Waals surface area contributed by atoms with E-state index in [9.17, 15) is 9.59 Å². The van der Waals surface area contributed by atoms with Crippen LogP contribution in [-0.4, -0.2) is 73.2 Å². The van der Waals surface area contributed by atoms with Crippen molar-refractivity contribution in [3.63, 3.8) is 0 Å². The summed E-state index contributed by atoms with van der Waals surface area (Å²) in [5.74, 6) is -0.0960. The van der Waals surface area contributed by atoms with Gasteiger partial charge in [-0.05, 0) is 31.9 Å². The molecule has 0 aliphatic carbocycles. The minimum absolute atomic E-state index is 0.0368. The van der Waals surface area contributed by atoms with E-state index in [0.717, 1.165) is 12.0 Å². The third-order valence-electron chi connectivity index (χ3n) is 4.70. The Hall–Kier alpha value is -1.92. The largest absolute Gasteiger partial charge is 0.382 e. The molecule has 2 amide bonds. The van der Waals surface area contributed by atoms with Crippen molar-refractivity contribution < 1.29 is 19.1 Å². The van der Waals surface area contributed by atoms with Crippen molar-refractivity contribution in [2.75, 3.05) is 39.9 Å². The molecule has 0 saturated carbocycles. The van der Waals surface area contributed by atoms with E-state index in [1.807, 2.05) is 38.1 Å². The highest BCUT2D eigenvalue weighted by molar-refractivity contribution is 5.98. The van der Waals surface area contributed by atoms with Crippen molar-refractivity contribution in [1.82, 2.24) is 9.80 Å². The average molecular weight is 346 g/mol. The lowest BCUT2D eigenvalue weighted by Gasteiger charge is -2.43. The summed E-state index contributed by atoms with van der Waals surface area (Å²) in [6.07, 6.45) is 0.645. The number of nitrogens with zero attached hydrogens (tertiary/aromatic N) is 2. The number of morpholine rings is 1. The van der Waals surface area contributed by atoms with Crippen molar-refractivity contribution >= 4 is 11.8 Å². The van der Waals surface area contributed by atoms with Gasteiger partial charge in [-0.15, -0.1) is 0 Å². The molecule has 0 bridgehead atoms. The zero-order valence-corrected chi connectivity index (χ0v) is 15.2. The molecule has 3 rings (SSSR count). The smallest absolute Gasteiger partial charge is 0.254 e. The van der Waals surface area contributed by atoms with Gasteiger partial charge in [0.2, 0.25) is 5.91 Å². The van der Waals surface area contributed by atoms with E-state index in [1.54, 1.807) is 16.9 Å².